The van der Waals surface area contributed by atoms with Gasteiger partial charge in [0, 0.05) is 17.5 Å². The van der Waals surface area contributed by atoms with Gasteiger partial charge in [0.25, 0.3) is 0 Å². The SMILES string of the molecule is CCOc1cc([C@H]2[NH2+]CCc3cc(OCC)c(OCC)cc32)ccc1O. The summed E-state index contributed by atoms with van der Waals surface area (Å²) in [6.45, 7) is 8.61. The largest absolute Gasteiger partial charge is 0.504 e. The monoisotopic (exact) mass is 358 g/mol. The average molecular weight is 358 g/mol. The van der Waals surface area contributed by atoms with E-state index in [0.29, 0.717) is 25.6 Å². The van der Waals surface area contributed by atoms with Crippen LogP contribution in [0.4, 0.5) is 0 Å². The molecular formula is C21H28NO4+. The lowest BCUT2D eigenvalue weighted by molar-refractivity contribution is -0.690. The number of aromatic hydroxyl groups is 1. The Hall–Kier alpha value is -2.40. The van der Waals surface area contributed by atoms with E-state index in [2.05, 4.69) is 17.4 Å². The third kappa shape index (κ3) is 3.73. The first-order chi connectivity index (χ1) is 12.7. The van der Waals surface area contributed by atoms with Gasteiger partial charge in [0.05, 0.1) is 26.4 Å². The van der Waals surface area contributed by atoms with E-state index in [1.165, 1.54) is 11.1 Å². The Morgan fingerprint density at radius 1 is 0.923 bits per heavy atom. The molecule has 140 valence electrons. The Morgan fingerprint density at radius 2 is 1.58 bits per heavy atom. The summed E-state index contributed by atoms with van der Waals surface area (Å²) in [6.07, 6.45) is 0.995. The van der Waals surface area contributed by atoms with Gasteiger partial charge in [0.2, 0.25) is 0 Å². The van der Waals surface area contributed by atoms with Crippen molar-refractivity contribution >= 4 is 0 Å². The Bertz CT molecular complexity index is 760. The van der Waals surface area contributed by atoms with Gasteiger partial charge in [0.1, 0.15) is 6.04 Å². The van der Waals surface area contributed by atoms with Crippen LogP contribution in [0.25, 0.3) is 0 Å². The summed E-state index contributed by atoms with van der Waals surface area (Å²) in [5.41, 5.74) is 3.63. The van der Waals surface area contributed by atoms with Crippen LogP contribution in [0.5, 0.6) is 23.0 Å². The number of quaternary nitrogens is 1. The van der Waals surface area contributed by atoms with Gasteiger partial charge in [-0.05, 0) is 56.7 Å². The number of fused-ring (bicyclic) bond motifs is 1. The molecule has 3 N–H and O–H groups in total. The molecule has 5 nitrogen and oxygen atoms in total. The van der Waals surface area contributed by atoms with Crippen LogP contribution in [0, 0.1) is 0 Å². The summed E-state index contributed by atoms with van der Waals surface area (Å²) in [4.78, 5) is 0. The quantitative estimate of drug-likeness (QED) is 0.799. The van der Waals surface area contributed by atoms with Crippen molar-refractivity contribution in [3.63, 3.8) is 0 Å². The molecule has 26 heavy (non-hydrogen) atoms. The minimum absolute atomic E-state index is 0.147. The van der Waals surface area contributed by atoms with Gasteiger partial charge in [-0.25, -0.2) is 0 Å². The highest BCUT2D eigenvalue weighted by Gasteiger charge is 2.28. The zero-order chi connectivity index (χ0) is 18.5. The molecule has 0 saturated heterocycles. The number of benzene rings is 2. The highest BCUT2D eigenvalue weighted by atomic mass is 16.5. The molecule has 2 aromatic rings. The zero-order valence-electron chi connectivity index (χ0n) is 15.7. The highest BCUT2D eigenvalue weighted by Crippen LogP contribution is 2.37. The maximum atomic E-state index is 10.00. The molecule has 5 heteroatoms. The maximum Gasteiger partial charge on any atom is 0.161 e. The van der Waals surface area contributed by atoms with Crippen LogP contribution in [0.3, 0.4) is 0 Å². The van der Waals surface area contributed by atoms with Crippen LogP contribution in [0.2, 0.25) is 0 Å². The van der Waals surface area contributed by atoms with Crippen LogP contribution in [-0.4, -0.2) is 31.5 Å². The van der Waals surface area contributed by atoms with Crippen LogP contribution >= 0.6 is 0 Å². The molecule has 0 saturated carbocycles. The molecule has 0 bridgehead atoms. The number of phenols is 1. The minimum atomic E-state index is 0.147. The average Bonchev–Trinajstić information content (AvgIpc) is 2.64. The summed E-state index contributed by atoms with van der Waals surface area (Å²) in [7, 11) is 0. The predicted molar refractivity (Wildman–Crippen MR) is 100 cm³/mol. The molecule has 0 spiro atoms. The first-order valence-corrected chi connectivity index (χ1v) is 9.39. The van der Waals surface area contributed by atoms with Gasteiger partial charge in [-0.3, -0.25) is 0 Å². The molecule has 1 aliphatic rings. The van der Waals surface area contributed by atoms with Crippen molar-refractivity contribution in [2.45, 2.75) is 33.2 Å². The first kappa shape index (κ1) is 18.4. The molecule has 2 aromatic carbocycles. The lowest BCUT2D eigenvalue weighted by atomic mass is 9.89. The van der Waals surface area contributed by atoms with Crippen molar-refractivity contribution in [1.82, 2.24) is 0 Å². The van der Waals surface area contributed by atoms with Crippen molar-refractivity contribution in [2.75, 3.05) is 26.4 Å². The standard InChI is InChI=1S/C21H27NO4/c1-4-24-18-12-15(7-8-17(18)23)21-16-13-20(26-6-3)19(25-5-2)11-14(16)9-10-22-21/h7-8,11-13,21-23H,4-6,9-10H2,1-3H3/p+1/t21-/m1/s1. The molecule has 0 aromatic heterocycles. The van der Waals surface area contributed by atoms with E-state index in [1.807, 2.05) is 32.9 Å². The van der Waals surface area contributed by atoms with Crippen molar-refractivity contribution in [2.24, 2.45) is 0 Å². The number of hydrogen-bond donors (Lipinski definition) is 2. The molecule has 0 radical (unpaired) electrons. The van der Waals surface area contributed by atoms with Crippen LogP contribution in [0.15, 0.2) is 30.3 Å². The molecule has 0 amide bonds. The van der Waals surface area contributed by atoms with E-state index in [4.69, 9.17) is 14.2 Å². The third-order valence-electron chi connectivity index (χ3n) is 4.60. The molecule has 1 heterocycles. The summed E-state index contributed by atoms with van der Waals surface area (Å²) < 4.78 is 17.2. The van der Waals surface area contributed by atoms with Gasteiger partial charge < -0.3 is 24.6 Å². The van der Waals surface area contributed by atoms with Crippen molar-refractivity contribution in [3.8, 4) is 23.0 Å². The first-order valence-electron chi connectivity index (χ1n) is 9.39. The second-order valence-electron chi connectivity index (χ2n) is 6.28. The molecule has 3 rings (SSSR count). The molecule has 0 fully saturated rings. The lowest BCUT2D eigenvalue weighted by Crippen LogP contribution is -2.87. The van der Waals surface area contributed by atoms with Crippen molar-refractivity contribution in [1.29, 1.82) is 0 Å². The topological polar surface area (TPSA) is 64.5 Å². The minimum Gasteiger partial charge on any atom is -0.504 e. The zero-order valence-corrected chi connectivity index (χ0v) is 15.7. The van der Waals surface area contributed by atoms with E-state index in [-0.39, 0.29) is 11.8 Å². The van der Waals surface area contributed by atoms with E-state index in [0.717, 1.165) is 30.0 Å². The number of rotatable bonds is 7. The second kappa shape index (κ2) is 8.32. The lowest BCUT2D eigenvalue weighted by Gasteiger charge is -2.26. The van der Waals surface area contributed by atoms with Crippen LogP contribution in [0.1, 0.15) is 43.5 Å². The molecule has 1 atom stereocenters. The van der Waals surface area contributed by atoms with Crippen LogP contribution < -0.4 is 19.5 Å². The third-order valence-corrected chi connectivity index (χ3v) is 4.60. The predicted octanol–water partition coefficient (Wildman–Crippen LogP) is 2.80. The highest BCUT2D eigenvalue weighted by molar-refractivity contribution is 5.52. The maximum absolute atomic E-state index is 10.00. The summed E-state index contributed by atoms with van der Waals surface area (Å²) >= 11 is 0. The Balaban J connectivity index is 2.02. The van der Waals surface area contributed by atoms with E-state index >= 15 is 0 Å². The number of hydrogen-bond acceptors (Lipinski definition) is 4. The van der Waals surface area contributed by atoms with Gasteiger partial charge in [0.15, 0.2) is 23.0 Å². The Kier molecular flexibility index (Phi) is 5.89. The fourth-order valence-electron chi connectivity index (χ4n) is 3.50. The normalized spacial score (nSPS) is 16.0. The fourth-order valence-corrected chi connectivity index (χ4v) is 3.50. The van der Waals surface area contributed by atoms with Gasteiger partial charge >= 0.3 is 0 Å². The molecule has 1 aliphatic heterocycles. The molecule has 0 unspecified atom stereocenters. The van der Waals surface area contributed by atoms with E-state index in [1.54, 1.807) is 6.07 Å². The summed E-state index contributed by atoms with van der Waals surface area (Å²) in [5, 5.41) is 12.3. The number of nitrogens with two attached hydrogens (primary N) is 1. The fraction of sp³-hybridized carbons (Fsp3) is 0.429. The van der Waals surface area contributed by atoms with Crippen LogP contribution in [-0.2, 0) is 6.42 Å². The smallest absolute Gasteiger partial charge is 0.161 e. The van der Waals surface area contributed by atoms with E-state index < -0.39 is 0 Å². The van der Waals surface area contributed by atoms with Gasteiger partial charge in [-0.1, -0.05) is 0 Å². The molecule has 0 aliphatic carbocycles. The summed E-state index contributed by atoms with van der Waals surface area (Å²) in [5.74, 6) is 2.31. The van der Waals surface area contributed by atoms with Gasteiger partial charge in [-0.15, -0.1) is 0 Å². The second-order valence-corrected chi connectivity index (χ2v) is 6.28. The van der Waals surface area contributed by atoms with E-state index in [9.17, 15) is 5.11 Å². The van der Waals surface area contributed by atoms with Crippen molar-refractivity contribution < 1.29 is 24.6 Å². The number of ether oxygens (including phenoxy) is 3. The Labute approximate surface area is 154 Å². The Morgan fingerprint density at radius 3 is 2.27 bits per heavy atom. The van der Waals surface area contributed by atoms with Crippen molar-refractivity contribution in [3.05, 3.63) is 47.0 Å². The molecular weight excluding hydrogens is 330 g/mol. The number of phenolic OH excluding ortho intramolecular Hbond substituents is 1. The summed E-state index contributed by atoms with van der Waals surface area (Å²) in [6, 6.07) is 9.98. The van der Waals surface area contributed by atoms with Gasteiger partial charge in [-0.2, -0.15) is 0 Å².